The fourth-order valence-corrected chi connectivity index (χ4v) is 0. The number of hydrogen-bond acceptors (Lipinski definition) is 2. The third kappa shape index (κ3) is 1240. The average Bonchev–Trinajstić information content (AvgIpc) is 0.811. The number of rotatable bonds is 0. The molecule has 0 aliphatic carbocycles. The maximum atomic E-state index is 8.89. The van der Waals surface area contributed by atoms with Crippen LogP contribution in [0.3, 0.4) is 0 Å². The van der Waals surface area contributed by atoms with Crippen molar-refractivity contribution in [2.75, 3.05) is 0 Å². The third-order valence-corrected chi connectivity index (χ3v) is 0. The Hall–Kier alpha value is 0.544. The summed E-state index contributed by atoms with van der Waals surface area (Å²) >= 11 is 0. The normalized spacial score (nSPS) is 2.78. The van der Waals surface area contributed by atoms with E-state index in [0.29, 0.717) is 0 Å². The molecular weight excluding hydrogens is 295 g/mol. The summed E-state index contributed by atoms with van der Waals surface area (Å²) in [4.78, 5) is 8.89. The van der Waals surface area contributed by atoms with Crippen LogP contribution in [0.2, 0.25) is 0 Å². The first-order chi connectivity index (χ1) is 1.73. The molecule has 0 heterocycles. The molecule has 0 aliphatic heterocycles. The molecule has 0 aromatic heterocycles. The van der Waals surface area contributed by atoms with Crippen molar-refractivity contribution < 1.29 is 68.7 Å². The Morgan fingerprint density at radius 2 is 1.11 bits per heavy atom. The quantitative estimate of drug-likeness (QED) is 0.440. The van der Waals surface area contributed by atoms with Crippen LogP contribution >= 0.6 is 0 Å². The predicted octanol–water partition coefficient (Wildman–Crippen LogP) is -4.54. The Labute approximate surface area is 81.3 Å². The molecule has 0 amide bonds. The molecular formula is C2H11LuO6+2. The van der Waals surface area contributed by atoms with E-state index in [1.165, 1.54) is 0 Å². The molecule has 0 unspecified atom stereocenters. The standard InChI is InChI=1S/C2H4O2.Lu.4H2O/c1-2(3)4;;;;;/h1H3,(H,3,4);;4*1H2/q;+3;;;;/p-1. The van der Waals surface area contributed by atoms with Gasteiger partial charge in [0.05, 0.1) is 0 Å². The van der Waals surface area contributed by atoms with Crippen LogP contribution in [-0.2, 0) is 4.79 Å². The smallest absolute Gasteiger partial charge is 0.550 e. The second-order valence-electron chi connectivity index (χ2n) is 0.492. The van der Waals surface area contributed by atoms with Gasteiger partial charge in [0, 0.05) is 5.97 Å². The van der Waals surface area contributed by atoms with Crippen molar-refractivity contribution in [2.45, 2.75) is 6.92 Å². The molecule has 9 heavy (non-hydrogen) atoms. The number of carbonyl (C=O) groups excluding carboxylic acids is 1. The molecule has 0 saturated heterocycles. The summed E-state index contributed by atoms with van der Waals surface area (Å²) in [5, 5.41) is 8.89. The van der Waals surface area contributed by atoms with Gasteiger partial charge in [0.1, 0.15) is 0 Å². The third-order valence-electron chi connectivity index (χ3n) is 0. The monoisotopic (exact) mass is 306 g/mol. The maximum Gasteiger partial charge on any atom is 3.00 e. The maximum absolute atomic E-state index is 8.89. The summed E-state index contributed by atoms with van der Waals surface area (Å²) in [5.41, 5.74) is 0. The molecule has 0 spiro atoms. The van der Waals surface area contributed by atoms with E-state index in [4.69, 9.17) is 9.90 Å². The average molecular weight is 306 g/mol. The van der Waals surface area contributed by atoms with E-state index in [2.05, 4.69) is 0 Å². The predicted molar refractivity (Wildman–Crippen MR) is 25.1 cm³/mol. The first-order valence-corrected chi connectivity index (χ1v) is 0.908. The molecule has 0 aromatic carbocycles. The zero-order chi connectivity index (χ0) is 3.58. The van der Waals surface area contributed by atoms with E-state index in [1.54, 1.807) is 0 Å². The van der Waals surface area contributed by atoms with Crippen molar-refractivity contribution in [1.82, 2.24) is 0 Å². The summed E-state index contributed by atoms with van der Waals surface area (Å²) in [6.07, 6.45) is 0. The van der Waals surface area contributed by atoms with Crippen LogP contribution in [-0.4, -0.2) is 27.9 Å². The van der Waals surface area contributed by atoms with Crippen LogP contribution < -0.4 is 5.11 Å². The van der Waals surface area contributed by atoms with Gasteiger partial charge in [-0.15, -0.1) is 0 Å². The molecule has 8 N–H and O–H groups in total. The van der Waals surface area contributed by atoms with Gasteiger partial charge in [-0.1, -0.05) is 0 Å². The van der Waals surface area contributed by atoms with Gasteiger partial charge in [0.15, 0.2) is 0 Å². The van der Waals surface area contributed by atoms with Gasteiger partial charge in [0.25, 0.3) is 0 Å². The van der Waals surface area contributed by atoms with Crippen molar-refractivity contribution in [3.63, 3.8) is 0 Å². The molecule has 0 aliphatic rings. The van der Waals surface area contributed by atoms with E-state index >= 15 is 0 Å². The fraction of sp³-hybridized carbons (Fsp3) is 0.500. The molecule has 0 aromatic rings. The van der Waals surface area contributed by atoms with Crippen molar-refractivity contribution in [2.24, 2.45) is 0 Å². The molecule has 0 fully saturated rings. The van der Waals surface area contributed by atoms with Gasteiger partial charge in [-0.2, -0.15) is 0 Å². The van der Waals surface area contributed by atoms with Crippen LogP contribution in [0, 0.1) is 36.9 Å². The number of aliphatic carboxylic acids is 1. The van der Waals surface area contributed by atoms with E-state index in [9.17, 15) is 0 Å². The van der Waals surface area contributed by atoms with Crippen LogP contribution in [0.1, 0.15) is 6.92 Å². The molecule has 0 bridgehead atoms. The van der Waals surface area contributed by atoms with Gasteiger partial charge in [-0.05, 0) is 6.92 Å². The first kappa shape index (κ1) is 55.5. The van der Waals surface area contributed by atoms with Gasteiger partial charge in [-0.3, -0.25) is 0 Å². The zero-order valence-electron chi connectivity index (χ0n) is 4.57. The van der Waals surface area contributed by atoms with Crippen molar-refractivity contribution in [3.8, 4) is 0 Å². The molecule has 0 atom stereocenters. The summed E-state index contributed by atoms with van der Waals surface area (Å²) < 4.78 is 0. The van der Waals surface area contributed by atoms with Crippen molar-refractivity contribution >= 4 is 5.97 Å². The number of carboxylic acids is 1. The second-order valence-corrected chi connectivity index (χ2v) is 0.492. The van der Waals surface area contributed by atoms with Crippen molar-refractivity contribution in [3.05, 3.63) is 0 Å². The first-order valence-electron chi connectivity index (χ1n) is 0.908. The van der Waals surface area contributed by atoms with Crippen LogP contribution in [0.15, 0.2) is 0 Å². The Kier molecular flexibility index (Phi) is 239. The second kappa shape index (κ2) is 38.7. The summed E-state index contributed by atoms with van der Waals surface area (Å²) in [7, 11) is 0. The molecule has 68 valence electrons. The molecule has 0 saturated carbocycles. The van der Waals surface area contributed by atoms with Gasteiger partial charge in [0.2, 0.25) is 0 Å². The minimum Gasteiger partial charge on any atom is -0.550 e. The molecule has 7 heteroatoms. The van der Waals surface area contributed by atoms with E-state index in [-0.39, 0.29) is 58.8 Å². The van der Waals surface area contributed by atoms with Gasteiger partial charge in [-0.25, -0.2) is 0 Å². The van der Waals surface area contributed by atoms with Crippen molar-refractivity contribution in [1.29, 1.82) is 0 Å². The minimum atomic E-state index is -1.08. The van der Waals surface area contributed by atoms with E-state index in [0.717, 1.165) is 6.92 Å². The zero-order valence-corrected chi connectivity index (χ0v) is 6.23. The number of carboxylic acid groups (broad SMARTS) is 1. The molecule has 0 radical (unpaired) electrons. The summed E-state index contributed by atoms with van der Waals surface area (Å²) in [6.45, 7) is 0.972. The Morgan fingerprint density at radius 1 is 1.11 bits per heavy atom. The number of carbonyl (C=O) groups is 1. The van der Waals surface area contributed by atoms with Gasteiger partial charge < -0.3 is 31.8 Å². The van der Waals surface area contributed by atoms with Crippen LogP contribution in [0.4, 0.5) is 0 Å². The molecule has 0 rings (SSSR count). The largest absolute Gasteiger partial charge is 3.00 e. The Bertz CT molecular complexity index is 34.0. The number of hydrogen-bond donors (Lipinski definition) is 0. The van der Waals surface area contributed by atoms with Crippen LogP contribution in [0.5, 0.6) is 0 Å². The summed E-state index contributed by atoms with van der Waals surface area (Å²) in [5.74, 6) is -1.08. The SMILES string of the molecule is CC(=O)[O-].O.O.O.O.[Lu+3]. The summed E-state index contributed by atoms with van der Waals surface area (Å²) in [6, 6.07) is 0. The minimum absolute atomic E-state index is 0. The van der Waals surface area contributed by atoms with Gasteiger partial charge >= 0.3 is 36.9 Å². The Morgan fingerprint density at radius 3 is 1.11 bits per heavy atom. The van der Waals surface area contributed by atoms with E-state index in [1.807, 2.05) is 0 Å². The van der Waals surface area contributed by atoms with E-state index < -0.39 is 5.97 Å². The van der Waals surface area contributed by atoms with Crippen LogP contribution in [0.25, 0.3) is 0 Å². The topological polar surface area (TPSA) is 166 Å². The fourth-order valence-electron chi connectivity index (χ4n) is 0. The Balaban J connectivity index is -0.00000000450. The molecule has 6 nitrogen and oxygen atoms in total.